The van der Waals surface area contributed by atoms with Gasteiger partial charge < -0.3 is 5.32 Å². The summed E-state index contributed by atoms with van der Waals surface area (Å²) in [5.74, 6) is -0.425. The summed E-state index contributed by atoms with van der Waals surface area (Å²) in [7, 11) is 0. The zero-order chi connectivity index (χ0) is 22.1. The number of carbonyl (C=O) groups excluding carboxylic acids is 1. The van der Waals surface area contributed by atoms with Gasteiger partial charge in [0.25, 0.3) is 11.6 Å². The predicted molar refractivity (Wildman–Crippen MR) is 123 cm³/mol. The van der Waals surface area contributed by atoms with Gasteiger partial charge in [0, 0.05) is 23.1 Å². The molecule has 0 aliphatic heterocycles. The van der Waals surface area contributed by atoms with Gasteiger partial charge in [-0.2, -0.15) is 0 Å². The van der Waals surface area contributed by atoms with Crippen molar-refractivity contribution >= 4 is 39.8 Å². The van der Waals surface area contributed by atoms with Crippen LogP contribution in [0.25, 0.3) is 22.2 Å². The molecule has 0 spiro atoms. The van der Waals surface area contributed by atoms with E-state index in [1.807, 2.05) is 56.3 Å². The molecule has 4 rings (SSSR count). The molecule has 0 saturated carbocycles. The van der Waals surface area contributed by atoms with Gasteiger partial charge in [-0.15, -0.1) is 0 Å². The van der Waals surface area contributed by atoms with Crippen LogP contribution in [0.5, 0.6) is 0 Å². The Bertz CT molecular complexity index is 1350. The van der Waals surface area contributed by atoms with Crippen LogP contribution < -0.4 is 5.32 Å². The van der Waals surface area contributed by atoms with Crippen molar-refractivity contribution in [2.45, 2.75) is 13.8 Å². The first-order chi connectivity index (χ1) is 14.8. The number of nitrogens with one attached hydrogen (secondary N) is 1. The average Bonchev–Trinajstić information content (AvgIpc) is 2.76. The van der Waals surface area contributed by atoms with Crippen molar-refractivity contribution in [3.63, 3.8) is 0 Å². The Morgan fingerprint density at radius 3 is 2.52 bits per heavy atom. The molecule has 0 aliphatic rings. The Labute approximate surface area is 183 Å². The standard InChI is InChI=1S/C24H18ClN3O3/c1-14-7-8-16(11-15(14)2)22-13-19(18-5-3-4-6-21(18)26-22)24(29)27-23-12-17(28(30)31)9-10-20(23)25/h3-13H,1-2H3,(H,27,29). The van der Waals surface area contributed by atoms with Crippen LogP contribution >= 0.6 is 11.6 Å². The number of hydrogen-bond donors (Lipinski definition) is 1. The van der Waals surface area contributed by atoms with Crippen molar-refractivity contribution in [1.29, 1.82) is 0 Å². The number of amides is 1. The lowest BCUT2D eigenvalue weighted by Crippen LogP contribution is -2.13. The molecule has 0 atom stereocenters. The minimum Gasteiger partial charge on any atom is -0.320 e. The predicted octanol–water partition coefficient (Wildman–Crippen LogP) is 6.33. The second-order valence-electron chi connectivity index (χ2n) is 7.25. The molecule has 1 heterocycles. The Hall–Kier alpha value is -3.77. The molecule has 4 aromatic rings. The highest BCUT2D eigenvalue weighted by atomic mass is 35.5. The number of carbonyl (C=O) groups is 1. The van der Waals surface area contributed by atoms with Crippen LogP contribution in [0.2, 0.25) is 5.02 Å². The first kappa shape index (κ1) is 20.5. The van der Waals surface area contributed by atoms with E-state index in [1.165, 1.54) is 23.8 Å². The molecule has 154 valence electrons. The van der Waals surface area contributed by atoms with E-state index in [1.54, 1.807) is 6.07 Å². The molecule has 31 heavy (non-hydrogen) atoms. The molecule has 0 unspecified atom stereocenters. The maximum Gasteiger partial charge on any atom is 0.271 e. The second-order valence-corrected chi connectivity index (χ2v) is 7.65. The quantitative estimate of drug-likeness (QED) is 0.302. The van der Waals surface area contributed by atoms with E-state index < -0.39 is 10.8 Å². The number of aryl methyl sites for hydroxylation is 2. The highest BCUT2D eigenvalue weighted by Gasteiger charge is 2.17. The third kappa shape index (κ3) is 4.11. The minimum atomic E-state index is -0.536. The van der Waals surface area contributed by atoms with E-state index in [0.717, 1.165) is 11.1 Å². The summed E-state index contributed by atoms with van der Waals surface area (Å²) in [5.41, 5.74) is 4.96. The molecule has 6 nitrogen and oxygen atoms in total. The third-order valence-corrected chi connectivity index (χ3v) is 5.50. The second kappa shape index (κ2) is 8.16. The fourth-order valence-electron chi connectivity index (χ4n) is 3.32. The monoisotopic (exact) mass is 431 g/mol. The first-order valence-corrected chi connectivity index (χ1v) is 9.94. The van der Waals surface area contributed by atoms with Gasteiger partial charge in [0.15, 0.2) is 0 Å². The van der Waals surface area contributed by atoms with E-state index in [0.29, 0.717) is 22.2 Å². The largest absolute Gasteiger partial charge is 0.320 e. The summed E-state index contributed by atoms with van der Waals surface area (Å²) >= 11 is 6.16. The van der Waals surface area contributed by atoms with Crippen molar-refractivity contribution in [2.75, 3.05) is 5.32 Å². The molecule has 1 aromatic heterocycles. The normalized spacial score (nSPS) is 10.8. The van der Waals surface area contributed by atoms with Crippen molar-refractivity contribution in [3.05, 3.63) is 98.6 Å². The lowest BCUT2D eigenvalue weighted by atomic mass is 10.0. The fourth-order valence-corrected chi connectivity index (χ4v) is 3.49. The van der Waals surface area contributed by atoms with Crippen molar-refractivity contribution in [1.82, 2.24) is 4.98 Å². The molecule has 7 heteroatoms. The Morgan fingerprint density at radius 2 is 1.77 bits per heavy atom. The van der Waals surface area contributed by atoms with Crippen LogP contribution in [0.1, 0.15) is 21.5 Å². The zero-order valence-corrected chi connectivity index (χ0v) is 17.6. The number of nitro groups is 1. The van der Waals surface area contributed by atoms with Gasteiger partial charge in [-0.1, -0.05) is 41.9 Å². The highest BCUT2D eigenvalue weighted by molar-refractivity contribution is 6.34. The minimum absolute atomic E-state index is 0.157. The van der Waals surface area contributed by atoms with Gasteiger partial charge in [0.05, 0.1) is 32.4 Å². The fraction of sp³-hybridized carbons (Fsp3) is 0.0833. The average molecular weight is 432 g/mol. The van der Waals surface area contributed by atoms with E-state index >= 15 is 0 Å². The Balaban J connectivity index is 1.81. The maximum absolute atomic E-state index is 13.2. The van der Waals surface area contributed by atoms with E-state index in [4.69, 9.17) is 16.6 Å². The van der Waals surface area contributed by atoms with Crippen LogP contribution in [0, 0.1) is 24.0 Å². The van der Waals surface area contributed by atoms with Gasteiger partial charge >= 0.3 is 0 Å². The molecule has 0 bridgehead atoms. The number of benzene rings is 3. The number of pyridine rings is 1. The zero-order valence-electron chi connectivity index (χ0n) is 16.8. The van der Waals surface area contributed by atoms with Crippen molar-refractivity contribution in [2.24, 2.45) is 0 Å². The topological polar surface area (TPSA) is 85.1 Å². The summed E-state index contributed by atoms with van der Waals surface area (Å²) in [5, 5.41) is 14.7. The molecule has 3 aromatic carbocycles. The summed E-state index contributed by atoms with van der Waals surface area (Å²) in [6.07, 6.45) is 0. The number of nitrogens with zero attached hydrogens (tertiary/aromatic N) is 2. The molecule has 1 amide bonds. The third-order valence-electron chi connectivity index (χ3n) is 5.17. The van der Waals surface area contributed by atoms with Crippen molar-refractivity contribution < 1.29 is 9.72 Å². The van der Waals surface area contributed by atoms with E-state index in [9.17, 15) is 14.9 Å². The lowest BCUT2D eigenvalue weighted by Gasteiger charge is -2.12. The lowest BCUT2D eigenvalue weighted by molar-refractivity contribution is -0.384. The summed E-state index contributed by atoms with van der Waals surface area (Å²) in [6.45, 7) is 4.06. The molecular formula is C24H18ClN3O3. The highest BCUT2D eigenvalue weighted by Crippen LogP contribution is 2.30. The summed E-state index contributed by atoms with van der Waals surface area (Å²) < 4.78 is 0. The van der Waals surface area contributed by atoms with Crippen LogP contribution in [-0.4, -0.2) is 15.8 Å². The number of nitro benzene ring substituents is 1. The Kier molecular flexibility index (Phi) is 5.40. The van der Waals surface area contributed by atoms with Crippen LogP contribution in [-0.2, 0) is 0 Å². The van der Waals surface area contributed by atoms with Gasteiger partial charge in [-0.25, -0.2) is 4.98 Å². The van der Waals surface area contributed by atoms with E-state index in [-0.39, 0.29) is 16.4 Å². The number of aromatic nitrogens is 1. The van der Waals surface area contributed by atoms with Gasteiger partial charge in [0.1, 0.15) is 0 Å². The molecule has 1 N–H and O–H groups in total. The van der Waals surface area contributed by atoms with Gasteiger partial charge in [-0.05, 0) is 49.2 Å². The van der Waals surface area contributed by atoms with Gasteiger partial charge in [0.2, 0.25) is 0 Å². The smallest absolute Gasteiger partial charge is 0.271 e. The number of non-ortho nitro benzene ring substituents is 1. The molecule has 0 fully saturated rings. The van der Waals surface area contributed by atoms with Crippen LogP contribution in [0.15, 0.2) is 66.7 Å². The van der Waals surface area contributed by atoms with Gasteiger partial charge in [-0.3, -0.25) is 14.9 Å². The van der Waals surface area contributed by atoms with Crippen LogP contribution in [0.4, 0.5) is 11.4 Å². The van der Waals surface area contributed by atoms with E-state index in [2.05, 4.69) is 5.32 Å². The number of rotatable bonds is 4. The molecule has 0 saturated heterocycles. The Morgan fingerprint density at radius 1 is 1.00 bits per heavy atom. The molecular weight excluding hydrogens is 414 g/mol. The van der Waals surface area contributed by atoms with Crippen molar-refractivity contribution in [3.8, 4) is 11.3 Å². The number of para-hydroxylation sites is 1. The number of halogens is 1. The summed E-state index contributed by atoms with van der Waals surface area (Å²) in [6, 6.07) is 19.0. The number of hydrogen-bond acceptors (Lipinski definition) is 4. The summed E-state index contributed by atoms with van der Waals surface area (Å²) in [4.78, 5) is 28.5. The number of anilines is 1. The molecule has 0 aliphatic carbocycles. The molecule has 0 radical (unpaired) electrons. The SMILES string of the molecule is Cc1ccc(-c2cc(C(=O)Nc3cc([N+](=O)[O-])ccc3Cl)c3ccccc3n2)cc1C. The van der Waals surface area contributed by atoms with Crippen LogP contribution in [0.3, 0.4) is 0 Å². The maximum atomic E-state index is 13.2. The number of fused-ring (bicyclic) bond motifs is 1. The first-order valence-electron chi connectivity index (χ1n) is 9.56.